The maximum absolute atomic E-state index is 12.1. The molecule has 0 radical (unpaired) electrons. The maximum atomic E-state index is 12.1. The second-order valence-corrected chi connectivity index (χ2v) is 5.51. The van der Waals surface area contributed by atoms with E-state index in [1.54, 1.807) is 0 Å². The summed E-state index contributed by atoms with van der Waals surface area (Å²) in [7, 11) is 0. The Labute approximate surface area is 107 Å². The molecule has 0 aromatic carbocycles. The van der Waals surface area contributed by atoms with Gasteiger partial charge in [-0.2, -0.15) is 13.2 Å². The van der Waals surface area contributed by atoms with E-state index in [9.17, 15) is 22.8 Å². The molecule has 1 saturated heterocycles. The number of hydrogen-bond donors (Lipinski definition) is 0. The van der Waals surface area contributed by atoms with Crippen LogP contribution in [0.2, 0.25) is 0 Å². The highest BCUT2D eigenvalue weighted by atomic mass is 19.4. The Morgan fingerprint density at radius 1 is 1.53 bits per heavy atom. The van der Waals surface area contributed by atoms with Gasteiger partial charge in [-0.15, -0.1) is 0 Å². The molecule has 1 heterocycles. The Morgan fingerprint density at radius 2 is 2.16 bits per heavy atom. The van der Waals surface area contributed by atoms with Crippen molar-refractivity contribution < 1.29 is 32.2 Å². The number of halogens is 3. The first-order valence-electron chi connectivity index (χ1n) is 6.21. The van der Waals surface area contributed by atoms with Crippen LogP contribution in [0.5, 0.6) is 0 Å². The van der Waals surface area contributed by atoms with Crippen molar-refractivity contribution in [3.8, 4) is 0 Å². The zero-order chi connectivity index (χ0) is 14.0. The molecule has 0 aromatic rings. The molecule has 0 N–H and O–H groups in total. The second kappa shape index (κ2) is 3.71. The SMILES string of the molecule is C[C@@H]1O[C@@H]1[C@@H]1[C@H]2CCC(=O)[C@@]12COC(=O)C(F)(F)F. The van der Waals surface area contributed by atoms with Gasteiger partial charge in [0.2, 0.25) is 0 Å². The van der Waals surface area contributed by atoms with Crippen LogP contribution in [0, 0.1) is 17.3 Å². The Hall–Kier alpha value is -1.11. The predicted octanol–water partition coefficient (Wildman–Crippen LogP) is 1.47. The summed E-state index contributed by atoms with van der Waals surface area (Å²) < 4.78 is 45.9. The van der Waals surface area contributed by atoms with Gasteiger partial charge in [0.05, 0.1) is 17.6 Å². The number of ketones is 1. The number of fused-ring (bicyclic) bond motifs is 1. The largest absolute Gasteiger partial charge is 0.490 e. The average Bonchev–Trinajstić information content (AvgIpc) is 3.14. The molecule has 19 heavy (non-hydrogen) atoms. The van der Waals surface area contributed by atoms with Gasteiger partial charge in [-0.1, -0.05) is 0 Å². The lowest BCUT2D eigenvalue weighted by atomic mass is 9.96. The molecule has 0 spiro atoms. The highest BCUT2D eigenvalue weighted by Crippen LogP contribution is 2.70. The third-order valence-electron chi connectivity index (χ3n) is 4.57. The average molecular weight is 278 g/mol. The molecule has 0 unspecified atom stereocenters. The summed E-state index contributed by atoms with van der Waals surface area (Å²) in [5.41, 5.74) is -0.906. The highest BCUT2D eigenvalue weighted by molar-refractivity contribution is 5.92. The first kappa shape index (κ1) is 12.9. The van der Waals surface area contributed by atoms with Gasteiger partial charge >= 0.3 is 12.1 Å². The normalized spacial score (nSPS) is 43.9. The Balaban J connectivity index is 1.68. The Bertz CT molecular complexity index is 447. The molecule has 4 nitrogen and oxygen atoms in total. The fourth-order valence-corrected chi connectivity index (χ4v) is 3.55. The van der Waals surface area contributed by atoms with Crippen LogP contribution in [0.3, 0.4) is 0 Å². The molecular weight excluding hydrogens is 265 g/mol. The number of Topliss-reactive ketones (excluding diaryl/α,β-unsaturated/α-hetero) is 1. The number of carbonyl (C=O) groups is 2. The van der Waals surface area contributed by atoms with E-state index in [0.29, 0.717) is 12.8 Å². The molecule has 3 rings (SSSR count). The number of carbonyl (C=O) groups excluding carboxylic acids is 2. The minimum Gasteiger partial charge on any atom is -0.458 e. The quantitative estimate of drug-likeness (QED) is 0.579. The number of esters is 1. The monoisotopic (exact) mass is 278 g/mol. The third-order valence-corrected chi connectivity index (χ3v) is 4.57. The minimum atomic E-state index is -5.01. The van der Waals surface area contributed by atoms with E-state index in [1.807, 2.05) is 6.92 Å². The minimum absolute atomic E-state index is 0.0102. The lowest BCUT2D eigenvalue weighted by Gasteiger charge is -2.14. The molecule has 0 aromatic heterocycles. The second-order valence-electron chi connectivity index (χ2n) is 5.51. The van der Waals surface area contributed by atoms with E-state index in [4.69, 9.17) is 4.74 Å². The van der Waals surface area contributed by atoms with Crippen LogP contribution < -0.4 is 0 Å². The van der Waals surface area contributed by atoms with Gasteiger partial charge in [0.1, 0.15) is 12.4 Å². The fourth-order valence-electron chi connectivity index (χ4n) is 3.55. The molecule has 2 aliphatic carbocycles. The van der Waals surface area contributed by atoms with E-state index < -0.39 is 24.2 Å². The van der Waals surface area contributed by atoms with Crippen molar-refractivity contribution in [2.24, 2.45) is 17.3 Å². The fraction of sp³-hybridized carbons (Fsp3) is 0.833. The standard InChI is InChI=1S/C12H13F3O4/c1-5-9(19-5)8-6-2-3-7(16)11(6,8)4-18-10(17)12(13,14)15/h5-6,8-9H,2-4H2,1H3/t5-,6+,8-,9-,11-/m0/s1. The van der Waals surface area contributed by atoms with E-state index in [-0.39, 0.29) is 29.8 Å². The molecule has 3 aliphatic rings. The third kappa shape index (κ3) is 1.78. The first-order valence-corrected chi connectivity index (χ1v) is 6.21. The molecule has 3 fully saturated rings. The molecule has 0 amide bonds. The smallest absolute Gasteiger partial charge is 0.458 e. The van der Waals surface area contributed by atoms with Crippen molar-refractivity contribution in [1.82, 2.24) is 0 Å². The number of alkyl halides is 3. The van der Waals surface area contributed by atoms with E-state index in [2.05, 4.69) is 4.74 Å². The van der Waals surface area contributed by atoms with Crippen molar-refractivity contribution >= 4 is 11.8 Å². The van der Waals surface area contributed by atoms with Crippen LogP contribution in [0.15, 0.2) is 0 Å². The van der Waals surface area contributed by atoms with Gasteiger partial charge in [0.15, 0.2) is 0 Å². The number of ether oxygens (including phenoxy) is 2. The summed E-state index contributed by atoms with van der Waals surface area (Å²) in [4.78, 5) is 22.7. The van der Waals surface area contributed by atoms with Crippen molar-refractivity contribution in [1.29, 1.82) is 0 Å². The van der Waals surface area contributed by atoms with Gasteiger partial charge in [0, 0.05) is 12.3 Å². The van der Waals surface area contributed by atoms with E-state index >= 15 is 0 Å². The van der Waals surface area contributed by atoms with Crippen LogP contribution in [-0.2, 0) is 19.1 Å². The zero-order valence-corrected chi connectivity index (χ0v) is 10.2. The van der Waals surface area contributed by atoms with Gasteiger partial charge in [-0.25, -0.2) is 4.79 Å². The van der Waals surface area contributed by atoms with Crippen molar-refractivity contribution in [2.75, 3.05) is 6.61 Å². The van der Waals surface area contributed by atoms with Gasteiger partial charge in [-0.3, -0.25) is 4.79 Å². The maximum Gasteiger partial charge on any atom is 0.490 e. The summed E-state index contributed by atoms with van der Waals surface area (Å²) in [6.07, 6.45) is -4.04. The van der Waals surface area contributed by atoms with Crippen LogP contribution in [-0.4, -0.2) is 36.7 Å². The van der Waals surface area contributed by atoms with E-state index in [1.165, 1.54) is 0 Å². The summed E-state index contributed by atoms with van der Waals surface area (Å²) >= 11 is 0. The van der Waals surface area contributed by atoms with Crippen molar-refractivity contribution in [3.05, 3.63) is 0 Å². The topological polar surface area (TPSA) is 55.9 Å². The summed E-state index contributed by atoms with van der Waals surface area (Å²) in [6.45, 7) is 1.39. The predicted molar refractivity (Wildman–Crippen MR) is 55.0 cm³/mol. The first-order chi connectivity index (χ1) is 8.78. The summed E-state index contributed by atoms with van der Waals surface area (Å²) in [6, 6.07) is 0. The van der Waals surface area contributed by atoms with Crippen molar-refractivity contribution in [3.63, 3.8) is 0 Å². The molecule has 0 bridgehead atoms. The molecule has 1 aliphatic heterocycles. The van der Waals surface area contributed by atoms with Gasteiger partial charge < -0.3 is 9.47 Å². The molecule has 5 atom stereocenters. The van der Waals surface area contributed by atoms with E-state index in [0.717, 1.165) is 0 Å². The Kier molecular flexibility index (Phi) is 2.52. The zero-order valence-electron chi connectivity index (χ0n) is 10.2. The van der Waals surface area contributed by atoms with Crippen molar-refractivity contribution in [2.45, 2.75) is 38.1 Å². The highest BCUT2D eigenvalue weighted by Gasteiger charge is 2.77. The molecule has 7 heteroatoms. The number of epoxide rings is 1. The van der Waals surface area contributed by atoms with Crippen LogP contribution in [0.1, 0.15) is 19.8 Å². The van der Waals surface area contributed by atoms with Gasteiger partial charge in [0.25, 0.3) is 0 Å². The lowest BCUT2D eigenvalue weighted by Crippen LogP contribution is -2.31. The van der Waals surface area contributed by atoms with Crippen LogP contribution in [0.4, 0.5) is 13.2 Å². The molecular formula is C12H13F3O4. The van der Waals surface area contributed by atoms with Crippen LogP contribution in [0.25, 0.3) is 0 Å². The summed E-state index contributed by atoms with van der Waals surface area (Å²) in [5.74, 6) is -2.39. The molecule has 2 saturated carbocycles. The lowest BCUT2D eigenvalue weighted by molar-refractivity contribution is -0.201. The van der Waals surface area contributed by atoms with Gasteiger partial charge in [-0.05, 0) is 19.3 Å². The Morgan fingerprint density at radius 3 is 2.68 bits per heavy atom. The van der Waals surface area contributed by atoms with Crippen LogP contribution >= 0.6 is 0 Å². The summed E-state index contributed by atoms with van der Waals surface area (Å²) in [5, 5.41) is 0. The molecule has 106 valence electrons. The number of rotatable bonds is 3. The number of hydrogen-bond acceptors (Lipinski definition) is 4.